The number of carbonyl (C=O) groups is 6. The zero-order chi connectivity index (χ0) is 30.5. The van der Waals surface area contributed by atoms with Gasteiger partial charge in [0.1, 0.15) is 18.1 Å². The Kier molecular flexibility index (Phi) is 12.7. The number of carboxylic acid groups (broad SMARTS) is 2. The van der Waals surface area contributed by atoms with E-state index in [2.05, 4.69) is 20.9 Å². The van der Waals surface area contributed by atoms with Crippen LogP contribution in [-0.4, -0.2) is 81.5 Å². The van der Waals surface area contributed by atoms with Crippen molar-refractivity contribution in [3.8, 4) is 0 Å². The second-order valence-corrected chi connectivity index (χ2v) is 9.58. The van der Waals surface area contributed by atoms with Crippen molar-refractivity contribution in [3.05, 3.63) is 36.0 Å². The summed E-state index contributed by atoms with van der Waals surface area (Å²) >= 11 is 0. The van der Waals surface area contributed by atoms with E-state index in [1.165, 1.54) is 0 Å². The molecule has 15 heteroatoms. The van der Waals surface area contributed by atoms with Crippen molar-refractivity contribution in [2.24, 2.45) is 17.2 Å². The number of benzene rings is 1. The number of hydrogen-bond acceptors (Lipinski definition) is 8. The highest BCUT2D eigenvalue weighted by Crippen LogP contribution is 2.19. The van der Waals surface area contributed by atoms with Gasteiger partial charge in [-0.3, -0.25) is 24.0 Å². The molecular formula is C26H37N7O8. The number of H-pyrrole nitrogens is 1. The van der Waals surface area contributed by atoms with Crippen molar-refractivity contribution in [2.75, 3.05) is 6.54 Å². The van der Waals surface area contributed by atoms with E-state index in [1.807, 2.05) is 24.3 Å². The number of carboxylic acids is 2. The monoisotopic (exact) mass is 575 g/mol. The predicted octanol–water partition coefficient (Wildman–Crippen LogP) is -1.55. The first-order chi connectivity index (χ1) is 19.4. The Bertz CT molecular complexity index is 1250. The van der Waals surface area contributed by atoms with Gasteiger partial charge in [-0.1, -0.05) is 18.2 Å². The van der Waals surface area contributed by atoms with Gasteiger partial charge in [0, 0.05) is 23.5 Å². The molecular weight excluding hydrogens is 538 g/mol. The summed E-state index contributed by atoms with van der Waals surface area (Å²) in [5.74, 6) is -6.28. The molecule has 4 atom stereocenters. The number of amides is 4. The van der Waals surface area contributed by atoms with Gasteiger partial charge < -0.3 is 48.3 Å². The van der Waals surface area contributed by atoms with Crippen LogP contribution in [0.4, 0.5) is 0 Å². The molecule has 41 heavy (non-hydrogen) atoms. The van der Waals surface area contributed by atoms with E-state index in [4.69, 9.17) is 17.2 Å². The summed E-state index contributed by atoms with van der Waals surface area (Å²) < 4.78 is 0. The molecule has 0 fully saturated rings. The van der Waals surface area contributed by atoms with E-state index in [-0.39, 0.29) is 25.7 Å². The highest BCUT2D eigenvalue weighted by molar-refractivity contribution is 5.96. The molecule has 2 aromatic rings. The lowest BCUT2D eigenvalue weighted by Gasteiger charge is -2.24. The lowest BCUT2D eigenvalue weighted by atomic mass is 10.0. The second-order valence-electron chi connectivity index (χ2n) is 9.58. The maximum Gasteiger partial charge on any atom is 0.326 e. The third-order valence-electron chi connectivity index (χ3n) is 6.34. The molecule has 1 aromatic heterocycles. The first-order valence-corrected chi connectivity index (χ1v) is 13.1. The highest BCUT2D eigenvalue weighted by Gasteiger charge is 2.31. The summed E-state index contributed by atoms with van der Waals surface area (Å²) in [6.07, 6.45) is 1.32. The minimum Gasteiger partial charge on any atom is -0.481 e. The van der Waals surface area contributed by atoms with Crippen LogP contribution >= 0.6 is 0 Å². The Hall–Kier alpha value is -4.50. The normalized spacial score (nSPS) is 13.9. The van der Waals surface area contributed by atoms with Gasteiger partial charge in [-0.05, 0) is 50.3 Å². The van der Waals surface area contributed by atoms with Gasteiger partial charge in [0.05, 0.1) is 12.5 Å². The Balaban J connectivity index is 2.13. The SMILES string of the molecule is NCCCCC(NC(=O)C(CCC(N)=O)NC(=O)C(CC(=O)O)NC(=O)C(N)Cc1c[nH]c2ccccc12)C(=O)O. The summed E-state index contributed by atoms with van der Waals surface area (Å²) in [5, 5.41) is 26.6. The average molecular weight is 576 g/mol. The largest absolute Gasteiger partial charge is 0.481 e. The van der Waals surface area contributed by atoms with E-state index in [1.54, 1.807) is 6.20 Å². The van der Waals surface area contributed by atoms with Crippen LogP contribution in [0.5, 0.6) is 0 Å². The van der Waals surface area contributed by atoms with Crippen LogP contribution in [0.25, 0.3) is 10.9 Å². The topological polar surface area (TPSA) is 273 Å². The van der Waals surface area contributed by atoms with Crippen LogP contribution in [0.15, 0.2) is 30.5 Å². The predicted molar refractivity (Wildman–Crippen MR) is 147 cm³/mol. The number of aliphatic carboxylic acids is 2. The Morgan fingerprint density at radius 3 is 2.12 bits per heavy atom. The quantitative estimate of drug-likeness (QED) is 0.0922. The maximum absolute atomic E-state index is 13.1. The molecule has 2 rings (SSSR count). The molecule has 0 aliphatic heterocycles. The molecule has 12 N–H and O–H groups in total. The van der Waals surface area contributed by atoms with Crippen LogP contribution in [0, 0.1) is 0 Å². The Labute approximate surface area is 235 Å². The Morgan fingerprint density at radius 1 is 0.854 bits per heavy atom. The van der Waals surface area contributed by atoms with Gasteiger partial charge in [-0.15, -0.1) is 0 Å². The summed E-state index contributed by atoms with van der Waals surface area (Å²) in [6.45, 7) is 0.333. The molecule has 4 unspecified atom stereocenters. The van der Waals surface area contributed by atoms with Crippen LogP contribution in [-0.2, 0) is 35.2 Å². The van der Waals surface area contributed by atoms with Crippen LogP contribution < -0.4 is 33.2 Å². The number of primary amides is 1. The van der Waals surface area contributed by atoms with Gasteiger partial charge in [-0.2, -0.15) is 0 Å². The number of aromatic nitrogens is 1. The number of hydrogen-bond donors (Lipinski definition) is 9. The van der Waals surface area contributed by atoms with E-state index in [0.717, 1.165) is 16.5 Å². The van der Waals surface area contributed by atoms with Crippen LogP contribution in [0.3, 0.4) is 0 Å². The van der Waals surface area contributed by atoms with Crippen molar-refractivity contribution in [1.82, 2.24) is 20.9 Å². The highest BCUT2D eigenvalue weighted by atomic mass is 16.4. The number of rotatable bonds is 18. The molecule has 15 nitrogen and oxygen atoms in total. The third-order valence-corrected chi connectivity index (χ3v) is 6.34. The van der Waals surface area contributed by atoms with Gasteiger partial charge >= 0.3 is 11.9 Å². The van der Waals surface area contributed by atoms with Gasteiger partial charge in [0.15, 0.2) is 0 Å². The van der Waals surface area contributed by atoms with Crippen LogP contribution in [0.2, 0.25) is 0 Å². The fourth-order valence-corrected chi connectivity index (χ4v) is 4.14. The smallest absolute Gasteiger partial charge is 0.326 e. The van der Waals surface area contributed by atoms with E-state index >= 15 is 0 Å². The van der Waals surface area contributed by atoms with Crippen LogP contribution in [0.1, 0.15) is 44.1 Å². The zero-order valence-corrected chi connectivity index (χ0v) is 22.4. The van der Waals surface area contributed by atoms with Crippen molar-refractivity contribution in [2.45, 2.75) is 69.1 Å². The van der Waals surface area contributed by atoms with Crippen molar-refractivity contribution >= 4 is 46.5 Å². The number of unbranched alkanes of at least 4 members (excludes halogenated alkanes) is 1. The standard InChI is InChI=1S/C26H37N7O8/c27-10-4-3-7-19(26(40)41)32-24(38)18(8-9-21(29)34)31-25(39)20(12-22(35)36)33-23(37)16(28)11-14-13-30-17-6-2-1-5-15(14)17/h1-2,5-6,13,16,18-20,30H,3-4,7-12,27-28H2,(H2,29,34)(H,31,39)(H,32,38)(H,33,37)(H,35,36)(H,40,41). The molecule has 0 spiro atoms. The fourth-order valence-electron chi connectivity index (χ4n) is 4.14. The lowest BCUT2D eigenvalue weighted by molar-refractivity contribution is -0.143. The van der Waals surface area contributed by atoms with Crippen molar-refractivity contribution < 1.29 is 39.0 Å². The molecule has 4 amide bonds. The number of aromatic amines is 1. The zero-order valence-electron chi connectivity index (χ0n) is 22.4. The van der Waals surface area contributed by atoms with E-state index in [9.17, 15) is 39.0 Å². The van der Waals surface area contributed by atoms with Crippen molar-refractivity contribution in [3.63, 3.8) is 0 Å². The van der Waals surface area contributed by atoms with Crippen molar-refractivity contribution in [1.29, 1.82) is 0 Å². The molecule has 0 aliphatic rings. The van der Waals surface area contributed by atoms with Gasteiger partial charge in [0.2, 0.25) is 23.6 Å². The summed E-state index contributed by atoms with van der Waals surface area (Å²) in [5.41, 5.74) is 18.2. The number of nitrogens with two attached hydrogens (primary N) is 3. The molecule has 1 heterocycles. The molecule has 0 saturated heterocycles. The van der Waals surface area contributed by atoms with Gasteiger partial charge in [-0.25, -0.2) is 4.79 Å². The molecule has 0 radical (unpaired) electrons. The number of carbonyl (C=O) groups excluding carboxylic acids is 4. The molecule has 0 aliphatic carbocycles. The molecule has 224 valence electrons. The van der Waals surface area contributed by atoms with E-state index in [0.29, 0.717) is 19.4 Å². The first-order valence-electron chi connectivity index (χ1n) is 13.1. The third kappa shape index (κ3) is 10.5. The summed E-state index contributed by atoms with van der Waals surface area (Å²) in [4.78, 5) is 76.3. The lowest BCUT2D eigenvalue weighted by Crippen LogP contribution is -2.57. The summed E-state index contributed by atoms with van der Waals surface area (Å²) in [6, 6.07) is 1.85. The molecule has 1 aromatic carbocycles. The minimum absolute atomic E-state index is 0.0702. The first kappa shape index (κ1) is 32.7. The number of para-hydroxylation sites is 1. The number of fused-ring (bicyclic) bond motifs is 1. The average Bonchev–Trinajstić information content (AvgIpc) is 3.32. The summed E-state index contributed by atoms with van der Waals surface area (Å²) in [7, 11) is 0. The minimum atomic E-state index is -1.63. The van der Waals surface area contributed by atoms with Gasteiger partial charge in [0.25, 0.3) is 0 Å². The Morgan fingerprint density at radius 2 is 1.49 bits per heavy atom. The maximum atomic E-state index is 13.1. The van der Waals surface area contributed by atoms with E-state index < -0.39 is 66.2 Å². The second kappa shape index (κ2) is 15.9. The fraction of sp³-hybridized carbons (Fsp3) is 0.462. The molecule has 0 saturated carbocycles. The number of nitrogens with one attached hydrogen (secondary N) is 4. The molecule has 0 bridgehead atoms.